The summed E-state index contributed by atoms with van der Waals surface area (Å²) in [4.78, 5) is 12.0. The Kier molecular flexibility index (Phi) is 6.12. The van der Waals surface area contributed by atoms with Crippen LogP contribution in [0.4, 0.5) is 0 Å². The van der Waals surface area contributed by atoms with E-state index in [1.54, 1.807) is 17.1 Å². The maximum atomic E-state index is 12.0. The van der Waals surface area contributed by atoms with Gasteiger partial charge in [-0.2, -0.15) is 5.10 Å². The lowest BCUT2D eigenvalue weighted by Gasteiger charge is -2.05. The molecule has 0 aliphatic carbocycles. The normalized spacial score (nSPS) is 10.6. The van der Waals surface area contributed by atoms with Gasteiger partial charge in [0, 0.05) is 19.3 Å². The Bertz CT molecular complexity index is 610. The van der Waals surface area contributed by atoms with Gasteiger partial charge in [0.05, 0.1) is 30.7 Å². The van der Waals surface area contributed by atoms with Crippen molar-refractivity contribution < 1.29 is 14.6 Å². The number of aryl methyl sites for hydroxylation is 1. The zero-order valence-electron chi connectivity index (χ0n) is 12.7. The lowest BCUT2D eigenvalue weighted by atomic mass is 10.2. The van der Waals surface area contributed by atoms with E-state index < -0.39 is 0 Å². The number of carbonyl (C=O) groups excluding carboxylic acids is 1. The van der Waals surface area contributed by atoms with E-state index in [2.05, 4.69) is 10.4 Å². The van der Waals surface area contributed by atoms with E-state index in [-0.39, 0.29) is 12.5 Å². The molecule has 2 rings (SSSR count). The summed E-state index contributed by atoms with van der Waals surface area (Å²) in [6.45, 7) is 3.40. The highest BCUT2D eigenvalue weighted by atomic mass is 16.5. The fraction of sp³-hybridized carbons (Fsp3) is 0.375. The smallest absolute Gasteiger partial charge is 0.254 e. The Morgan fingerprint density at radius 1 is 1.36 bits per heavy atom. The highest BCUT2D eigenvalue weighted by molar-refractivity contribution is 5.93. The van der Waals surface area contributed by atoms with Gasteiger partial charge in [-0.1, -0.05) is 18.2 Å². The SMILES string of the molecule is Cc1ccccc1-n1cc(C(=O)NCCCOCCO)cn1. The van der Waals surface area contributed by atoms with E-state index in [1.165, 1.54) is 0 Å². The van der Waals surface area contributed by atoms with Gasteiger partial charge in [-0.3, -0.25) is 4.79 Å². The van der Waals surface area contributed by atoms with Crippen LogP contribution in [0.5, 0.6) is 0 Å². The Hall–Kier alpha value is -2.18. The van der Waals surface area contributed by atoms with E-state index in [1.807, 2.05) is 31.2 Å². The second-order valence-electron chi connectivity index (χ2n) is 4.91. The first-order valence-electron chi connectivity index (χ1n) is 7.30. The van der Waals surface area contributed by atoms with E-state index in [0.717, 1.165) is 11.3 Å². The molecule has 6 nitrogen and oxygen atoms in total. The Morgan fingerprint density at radius 3 is 2.95 bits per heavy atom. The van der Waals surface area contributed by atoms with Crippen molar-refractivity contribution in [1.82, 2.24) is 15.1 Å². The van der Waals surface area contributed by atoms with Crippen molar-refractivity contribution in [1.29, 1.82) is 0 Å². The van der Waals surface area contributed by atoms with Crippen molar-refractivity contribution in [2.75, 3.05) is 26.4 Å². The van der Waals surface area contributed by atoms with Crippen molar-refractivity contribution in [2.24, 2.45) is 0 Å². The molecule has 0 atom stereocenters. The van der Waals surface area contributed by atoms with Crippen molar-refractivity contribution in [3.63, 3.8) is 0 Å². The molecule has 0 bridgehead atoms. The Labute approximate surface area is 129 Å². The number of nitrogens with zero attached hydrogens (tertiary/aromatic N) is 2. The summed E-state index contributed by atoms with van der Waals surface area (Å²) in [5.74, 6) is -0.151. The van der Waals surface area contributed by atoms with Crippen molar-refractivity contribution in [2.45, 2.75) is 13.3 Å². The molecule has 6 heteroatoms. The van der Waals surface area contributed by atoms with Crippen molar-refractivity contribution in [3.8, 4) is 5.69 Å². The Balaban J connectivity index is 1.86. The third-order valence-corrected chi connectivity index (χ3v) is 3.19. The molecule has 0 saturated carbocycles. The minimum Gasteiger partial charge on any atom is -0.394 e. The summed E-state index contributed by atoms with van der Waals surface area (Å²) >= 11 is 0. The minimum atomic E-state index is -0.151. The highest BCUT2D eigenvalue weighted by Gasteiger charge is 2.09. The van der Waals surface area contributed by atoms with Crippen LogP contribution in [-0.4, -0.2) is 47.2 Å². The van der Waals surface area contributed by atoms with Gasteiger partial charge in [-0.05, 0) is 25.0 Å². The zero-order chi connectivity index (χ0) is 15.8. The summed E-state index contributed by atoms with van der Waals surface area (Å²) in [7, 11) is 0. The molecule has 0 spiro atoms. The van der Waals surface area contributed by atoms with Crippen LogP contribution in [0.25, 0.3) is 5.69 Å². The van der Waals surface area contributed by atoms with E-state index in [4.69, 9.17) is 9.84 Å². The van der Waals surface area contributed by atoms with Gasteiger partial charge >= 0.3 is 0 Å². The van der Waals surface area contributed by atoms with Gasteiger partial charge in [-0.15, -0.1) is 0 Å². The lowest BCUT2D eigenvalue weighted by molar-refractivity contribution is 0.0867. The van der Waals surface area contributed by atoms with E-state index >= 15 is 0 Å². The fourth-order valence-corrected chi connectivity index (χ4v) is 2.04. The number of aliphatic hydroxyl groups excluding tert-OH is 1. The number of para-hydroxylation sites is 1. The largest absolute Gasteiger partial charge is 0.394 e. The van der Waals surface area contributed by atoms with Crippen molar-refractivity contribution >= 4 is 5.91 Å². The van der Waals surface area contributed by atoms with Gasteiger partial charge in [0.1, 0.15) is 0 Å². The van der Waals surface area contributed by atoms with Crippen LogP contribution in [0.2, 0.25) is 0 Å². The number of rotatable bonds is 8. The van der Waals surface area contributed by atoms with Crippen LogP contribution in [0.3, 0.4) is 0 Å². The third-order valence-electron chi connectivity index (χ3n) is 3.19. The first-order chi connectivity index (χ1) is 10.7. The van der Waals surface area contributed by atoms with Crippen molar-refractivity contribution in [3.05, 3.63) is 47.8 Å². The highest BCUT2D eigenvalue weighted by Crippen LogP contribution is 2.13. The number of hydrogen-bond donors (Lipinski definition) is 2. The topological polar surface area (TPSA) is 76.4 Å². The summed E-state index contributed by atoms with van der Waals surface area (Å²) in [5, 5.41) is 15.6. The van der Waals surface area contributed by atoms with Crippen LogP contribution in [0.1, 0.15) is 22.3 Å². The second kappa shape index (κ2) is 8.31. The summed E-state index contributed by atoms with van der Waals surface area (Å²) in [5.41, 5.74) is 2.58. The van der Waals surface area contributed by atoms with Crippen LogP contribution >= 0.6 is 0 Å². The molecule has 22 heavy (non-hydrogen) atoms. The molecule has 0 aliphatic heterocycles. The molecule has 118 valence electrons. The molecule has 2 N–H and O–H groups in total. The average molecular weight is 303 g/mol. The van der Waals surface area contributed by atoms with Crippen LogP contribution < -0.4 is 5.32 Å². The number of aromatic nitrogens is 2. The van der Waals surface area contributed by atoms with Gasteiger partial charge < -0.3 is 15.2 Å². The first kappa shape index (κ1) is 16.2. The number of hydrogen-bond acceptors (Lipinski definition) is 4. The number of ether oxygens (including phenoxy) is 1. The molecular weight excluding hydrogens is 282 g/mol. The molecule has 0 saturated heterocycles. The maximum absolute atomic E-state index is 12.0. The molecule has 1 heterocycles. The van der Waals surface area contributed by atoms with Crippen LogP contribution in [0.15, 0.2) is 36.7 Å². The number of benzene rings is 1. The molecule has 0 fully saturated rings. The van der Waals surface area contributed by atoms with Crippen LogP contribution in [0, 0.1) is 6.92 Å². The van der Waals surface area contributed by atoms with Gasteiger partial charge in [-0.25, -0.2) is 4.68 Å². The standard InChI is InChI=1S/C16H21N3O3/c1-13-5-2-3-6-15(13)19-12-14(11-18-19)16(21)17-7-4-9-22-10-8-20/h2-3,5-6,11-12,20H,4,7-10H2,1H3,(H,17,21). The monoisotopic (exact) mass is 303 g/mol. The minimum absolute atomic E-state index is 0.0183. The molecule has 0 unspecified atom stereocenters. The maximum Gasteiger partial charge on any atom is 0.254 e. The second-order valence-corrected chi connectivity index (χ2v) is 4.91. The summed E-state index contributed by atoms with van der Waals surface area (Å²) in [6, 6.07) is 7.87. The van der Waals surface area contributed by atoms with E-state index in [9.17, 15) is 4.79 Å². The van der Waals surface area contributed by atoms with Gasteiger partial charge in [0.2, 0.25) is 0 Å². The quantitative estimate of drug-likeness (QED) is 0.721. The first-order valence-corrected chi connectivity index (χ1v) is 7.30. The number of carbonyl (C=O) groups is 1. The number of aliphatic hydroxyl groups is 1. The third kappa shape index (κ3) is 4.41. The molecule has 2 aromatic rings. The Morgan fingerprint density at radius 2 is 2.18 bits per heavy atom. The zero-order valence-corrected chi connectivity index (χ0v) is 12.7. The number of nitrogens with one attached hydrogen (secondary N) is 1. The fourth-order valence-electron chi connectivity index (χ4n) is 2.04. The van der Waals surface area contributed by atoms with Crippen LogP contribution in [-0.2, 0) is 4.74 Å². The molecule has 1 aromatic heterocycles. The summed E-state index contributed by atoms with van der Waals surface area (Å²) < 4.78 is 6.83. The van der Waals surface area contributed by atoms with Gasteiger partial charge in [0.15, 0.2) is 0 Å². The molecule has 1 aromatic carbocycles. The molecular formula is C16H21N3O3. The lowest BCUT2D eigenvalue weighted by Crippen LogP contribution is -2.25. The molecule has 1 amide bonds. The summed E-state index contributed by atoms with van der Waals surface area (Å²) in [6.07, 6.45) is 3.99. The molecule has 0 aliphatic rings. The average Bonchev–Trinajstić information content (AvgIpc) is 3.01. The van der Waals surface area contributed by atoms with E-state index in [0.29, 0.717) is 31.7 Å². The predicted molar refractivity (Wildman–Crippen MR) is 83.2 cm³/mol. The van der Waals surface area contributed by atoms with Gasteiger partial charge in [0.25, 0.3) is 5.91 Å². The number of amides is 1. The molecule has 0 radical (unpaired) electrons. The predicted octanol–water partition coefficient (Wildman–Crippen LogP) is 1.31.